The number of rotatable bonds is 62. The number of carbonyl (C=O) groups excluding carboxylic acids is 4. The fourth-order valence-electron chi connectivity index (χ4n) is 9.57. The van der Waals surface area contributed by atoms with Crippen molar-refractivity contribution < 1.29 is 80.2 Å². The van der Waals surface area contributed by atoms with Crippen LogP contribution in [0.1, 0.15) is 312 Å². The van der Waals surface area contributed by atoms with Gasteiger partial charge < -0.3 is 33.8 Å². The predicted molar refractivity (Wildman–Crippen MR) is 335 cm³/mol. The minimum absolute atomic E-state index is 0.100. The van der Waals surface area contributed by atoms with Crippen molar-refractivity contribution in [2.24, 2.45) is 23.7 Å². The topological polar surface area (TPSA) is 237 Å². The Morgan fingerprint density at radius 2 is 0.571 bits per heavy atom. The van der Waals surface area contributed by atoms with Gasteiger partial charge in [0, 0.05) is 25.7 Å². The summed E-state index contributed by atoms with van der Waals surface area (Å²) in [6.45, 7) is 13.9. The lowest BCUT2D eigenvalue weighted by Gasteiger charge is -2.21. The monoisotopic (exact) mass is 1240 g/mol. The van der Waals surface area contributed by atoms with Crippen LogP contribution in [0.25, 0.3) is 0 Å². The molecule has 3 unspecified atom stereocenters. The van der Waals surface area contributed by atoms with Gasteiger partial charge in [-0.05, 0) is 49.4 Å². The van der Waals surface area contributed by atoms with Gasteiger partial charge in [-0.1, -0.05) is 261 Å². The number of aliphatic hydroxyl groups is 1. The number of phosphoric ester groups is 2. The number of ether oxygens (including phenoxy) is 4. The van der Waals surface area contributed by atoms with Gasteiger partial charge in [0.15, 0.2) is 12.2 Å². The maximum absolute atomic E-state index is 13.0. The first-order valence-electron chi connectivity index (χ1n) is 33.7. The number of carbonyl (C=O) groups is 4. The van der Waals surface area contributed by atoms with E-state index in [2.05, 4.69) is 55.4 Å². The van der Waals surface area contributed by atoms with Crippen LogP contribution in [0.3, 0.4) is 0 Å². The zero-order valence-electron chi connectivity index (χ0n) is 54.5. The third-order valence-electron chi connectivity index (χ3n) is 15.2. The smallest absolute Gasteiger partial charge is 0.462 e. The average Bonchev–Trinajstić information content (AvgIpc) is 3.58. The summed E-state index contributed by atoms with van der Waals surface area (Å²) in [7, 11) is -9.89. The molecular weight excluding hydrogens is 1110 g/mol. The first-order chi connectivity index (χ1) is 40.1. The van der Waals surface area contributed by atoms with Gasteiger partial charge in [-0.2, -0.15) is 0 Å². The minimum atomic E-state index is -4.95. The maximum Gasteiger partial charge on any atom is 0.472 e. The fourth-order valence-corrected chi connectivity index (χ4v) is 11.2. The standard InChI is InChI=1S/C65H126O17P2/c1-9-58(8)44-36-28-18-15-16-20-31-39-47-64(69)81-60(51-75-62(67)45-37-29-19-14-12-10-11-13-17-25-33-41-55(2)3)53-79-83(71,72)77-49-59(66)50-78-84(73,74)80-54-61(82-65(70)48-40-32-24-22-27-35-43-57(6)7)52-76-63(68)46-38-30-23-21-26-34-42-56(4)5/h55-61,66H,9-54H2,1-8H3,(H,71,72)(H,73,74)/t58?,59-,60-,61-/m1/s1. The highest BCUT2D eigenvalue weighted by atomic mass is 31.2. The number of phosphoric acid groups is 2. The Morgan fingerprint density at radius 1 is 0.333 bits per heavy atom. The van der Waals surface area contributed by atoms with E-state index in [0.717, 1.165) is 108 Å². The number of unbranched alkanes of at least 4 members (excludes halogenated alkanes) is 27. The molecule has 0 heterocycles. The molecule has 0 saturated heterocycles. The van der Waals surface area contributed by atoms with Crippen molar-refractivity contribution in [2.75, 3.05) is 39.6 Å². The normalized spacial score (nSPS) is 14.7. The van der Waals surface area contributed by atoms with Crippen LogP contribution >= 0.6 is 15.6 Å². The predicted octanol–water partition coefficient (Wildman–Crippen LogP) is 17.8. The van der Waals surface area contributed by atoms with E-state index in [4.69, 9.17) is 37.0 Å². The SMILES string of the molecule is CCC(C)CCCCCCCCCCC(=O)O[C@H](COC(=O)CCCCCCCCCCCCCC(C)C)COP(=O)(O)OC[C@@H](O)COP(=O)(O)OC[C@@H](COC(=O)CCCCCCCCC(C)C)OC(=O)CCCCCCCCC(C)C. The van der Waals surface area contributed by atoms with Gasteiger partial charge in [0.05, 0.1) is 26.4 Å². The largest absolute Gasteiger partial charge is 0.472 e. The van der Waals surface area contributed by atoms with E-state index in [1.807, 2.05) is 0 Å². The quantitative estimate of drug-likeness (QED) is 0.0222. The first kappa shape index (κ1) is 82.1. The number of hydrogen-bond donors (Lipinski definition) is 3. The Bertz CT molecular complexity index is 1680. The van der Waals surface area contributed by atoms with Crippen LogP contribution in [0.2, 0.25) is 0 Å². The van der Waals surface area contributed by atoms with Crippen molar-refractivity contribution in [2.45, 2.75) is 331 Å². The van der Waals surface area contributed by atoms with Gasteiger partial charge in [0.25, 0.3) is 0 Å². The molecule has 0 bridgehead atoms. The molecule has 0 aliphatic heterocycles. The molecule has 17 nitrogen and oxygen atoms in total. The van der Waals surface area contributed by atoms with Crippen molar-refractivity contribution in [3.8, 4) is 0 Å². The third-order valence-corrected chi connectivity index (χ3v) is 17.1. The van der Waals surface area contributed by atoms with Gasteiger partial charge in [-0.15, -0.1) is 0 Å². The van der Waals surface area contributed by atoms with Crippen LogP contribution < -0.4 is 0 Å². The molecule has 0 rings (SSSR count). The van der Waals surface area contributed by atoms with Crippen molar-refractivity contribution >= 4 is 39.5 Å². The molecule has 0 aromatic rings. The maximum atomic E-state index is 13.0. The molecule has 0 radical (unpaired) electrons. The number of esters is 4. The van der Waals surface area contributed by atoms with Crippen molar-refractivity contribution in [3.63, 3.8) is 0 Å². The van der Waals surface area contributed by atoms with E-state index >= 15 is 0 Å². The van der Waals surface area contributed by atoms with Crippen LogP contribution in [0.4, 0.5) is 0 Å². The molecule has 19 heteroatoms. The summed E-state index contributed by atoms with van der Waals surface area (Å²) >= 11 is 0. The zero-order valence-corrected chi connectivity index (χ0v) is 56.3. The summed E-state index contributed by atoms with van der Waals surface area (Å²) in [5, 5.41) is 10.5. The zero-order chi connectivity index (χ0) is 62.5. The van der Waals surface area contributed by atoms with E-state index in [9.17, 15) is 43.2 Å². The fraction of sp³-hybridized carbons (Fsp3) is 0.938. The third kappa shape index (κ3) is 57.8. The van der Waals surface area contributed by atoms with E-state index in [-0.39, 0.29) is 25.7 Å². The highest BCUT2D eigenvalue weighted by molar-refractivity contribution is 7.47. The molecule has 0 aromatic carbocycles. The Morgan fingerprint density at radius 3 is 0.845 bits per heavy atom. The molecule has 0 aromatic heterocycles. The molecule has 0 aliphatic carbocycles. The molecule has 498 valence electrons. The second-order valence-corrected chi connectivity index (χ2v) is 28.1. The molecule has 3 N–H and O–H groups in total. The summed E-state index contributed by atoms with van der Waals surface area (Å²) in [4.78, 5) is 72.2. The second-order valence-electron chi connectivity index (χ2n) is 25.2. The number of aliphatic hydroxyl groups excluding tert-OH is 1. The van der Waals surface area contributed by atoms with Gasteiger partial charge in [0.2, 0.25) is 0 Å². The summed E-state index contributed by atoms with van der Waals surface area (Å²) in [5.41, 5.74) is 0. The van der Waals surface area contributed by atoms with Crippen molar-refractivity contribution in [3.05, 3.63) is 0 Å². The van der Waals surface area contributed by atoms with Crippen molar-refractivity contribution in [1.29, 1.82) is 0 Å². The van der Waals surface area contributed by atoms with Gasteiger partial charge >= 0.3 is 39.5 Å². The van der Waals surface area contributed by atoms with Gasteiger partial charge in [-0.25, -0.2) is 9.13 Å². The lowest BCUT2D eigenvalue weighted by atomic mass is 9.99. The van der Waals surface area contributed by atoms with Gasteiger partial charge in [-0.3, -0.25) is 37.3 Å². The van der Waals surface area contributed by atoms with Crippen LogP contribution in [0, 0.1) is 23.7 Å². The Labute approximate surface area is 511 Å². The highest BCUT2D eigenvalue weighted by Crippen LogP contribution is 2.45. The summed E-state index contributed by atoms with van der Waals surface area (Å²) in [5.74, 6) is 0.746. The van der Waals surface area contributed by atoms with E-state index in [1.54, 1.807) is 0 Å². The van der Waals surface area contributed by atoms with Crippen LogP contribution in [-0.4, -0.2) is 96.7 Å². The molecule has 0 amide bonds. The second kappa shape index (κ2) is 55.2. The summed E-state index contributed by atoms with van der Waals surface area (Å²) in [6, 6.07) is 0. The minimum Gasteiger partial charge on any atom is -0.462 e. The summed E-state index contributed by atoms with van der Waals surface area (Å²) in [6.07, 6.45) is 35.1. The Hall–Kier alpha value is -1.94. The van der Waals surface area contributed by atoms with Crippen molar-refractivity contribution in [1.82, 2.24) is 0 Å². The summed E-state index contributed by atoms with van der Waals surface area (Å²) < 4.78 is 68.0. The number of hydrogen-bond acceptors (Lipinski definition) is 15. The molecule has 6 atom stereocenters. The average molecular weight is 1240 g/mol. The van der Waals surface area contributed by atoms with Crippen LogP contribution in [-0.2, 0) is 65.4 Å². The van der Waals surface area contributed by atoms with Gasteiger partial charge in [0.1, 0.15) is 19.3 Å². The molecule has 0 fully saturated rings. The van der Waals surface area contributed by atoms with Crippen LogP contribution in [0.5, 0.6) is 0 Å². The van der Waals surface area contributed by atoms with E-state index in [1.165, 1.54) is 109 Å². The van der Waals surface area contributed by atoms with Crippen LogP contribution in [0.15, 0.2) is 0 Å². The molecule has 0 saturated carbocycles. The Balaban J connectivity index is 5.24. The molecule has 0 spiro atoms. The molecular formula is C65H126O17P2. The molecule has 0 aliphatic rings. The highest BCUT2D eigenvalue weighted by Gasteiger charge is 2.30. The lowest BCUT2D eigenvalue weighted by Crippen LogP contribution is -2.30. The Kier molecular flexibility index (Phi) is 53.9. The van der Waals surface area contributed by atoms with E-state index < -0.39 is 97.5 Å². The molecule has 84 heavy (non-hydrogen) atoms. The lowest BCUT2D eigenvalue weighted by molar-refractivity contribution is -0.161. The van der Waals surface area contributed by atoms with E-state index in [0.29, 0.717) is 37.5 Å². The first-order valence-corrected chi connectivity index (χ1v) is 36.7.